The van der Waals surface area contributed by atoms with Crippen LogP contribution in [0.4, 0.5) is 4.39 Å². The third kappa shape index (κ3) is 3.27. The molecule has 1 aliphatic rings. The van der Waals surface area contributed by atoms with E-state index in [1.807, 2.05) is 12.1 Å². The number of aliphatic hydroxyl groups excluding tert-OH is 1. The van der Waals surface area contributed by atoms with Gasteiger partial charge in [-0.15, -0.1) is 0 Å². The highest BCUT2D eigenvalue weighted by Crippen LogP contribution is 2.17. The largest absolute Gasteiger partial charge is 0.392 e. The summed E-state index contributed by atoms with van der Waals surface area (Å²) >= 11 is 0. The number of piperidine rings is 1. The van der Waals surface area contributed by atoms with Crippen LogP contribution in [0, 0.1) is 5.82 Å². The van der Waals surface area contributed by atoms with Crippen LogP contribution in [-0.4, -0.2) is 35.2 Å². The fourth-order valence-electron chi connectivity index (χ4n) is 2.49. The number of halogens is 1. The van der Waals surface area contributed by atoms with Crippen LogP contribution in [0.1, 0.15) is 25.3 Å². The lowest BCUT2D eigenvalue weighted by molar-refractivity contribution is 0.0505. The molecule has 0 bridgehead atoms. The summed E-state index contributed by atoms with van der Waals surface area (Å²) in [6.45, 7) is 3.83. The lowest BCUT2D eigenvalue weighted by atomic mass is 10.0. The Kier molecular flexibility index (Phi) is 4.13. The summed E-state index contributed by atoms with van der Waals surface area (Å²) in [5.74, 6) is -0.128. The van der Waals surface area contributed by atoms with Crippen molar-refractivity contribution in [3.8, 4) is 0 Å². The van der Waals surface area contributed by atoms with E-state index in [1.165, 1.54) is 6.07 Å². The molecule has 94 valence electrons. The third-order valence-corrected chi connectivity index (χ3v) is 3.52. The smallest absolute Gasteiger partial charge is 0.126 e. The summed E-state index contributed by atoms with van der Waals surface area (Å²) in [6.07, 6.45) is 2.41. The van der Waals surface area contributed by atoms with Gasteiger partial charge in [0.2, 0.25) is 0 Å². The highest BCUT2D eigenvalue weighted by Gasteiger charge is 2.22. The summed E-state index contributed by atoms with van der Waals surface area (Å²) < 4.78 is 13.5. The van der Waals surface area contributed by atoms with E-state index in [1.54, 1.807) is 6.07 Å². The van der Waals surface area contributed by atoms with Crippen molar-refractivity contribution >= 4 is 0 Å². The van der Waals surface area contributed by atoms with Crippen LogP contribution >= 0.6 is 0 Å². The van der Waals surface area contributed by atoms with E-state index in [-0.39, 0.29) is 18.0 Å². The zero-order valence-corrected chi connectivity index (χ0v) is 10.3. The monoisotopic (exact) mass is 237 g/mol. The van der Waals surface area contributed by atoms with E-state index >= 15 is 0 Å². The summed E-state index contributed by atoms with van der Waals surface area (Å²) in [6, 6.07) is 7.21. The van der Waals surface area contributed by atoms with Gasteiger partial charge in [0.05, 0.1) is 6.10 Å². The maximum atomic E-state index is 13.5. The van der Waals surface area contributed by atoms with Gasteiger partial charge in [-0.05, 0) is 44.4 Å². The predicted molar refractivity (Wildman–Crippen MR) is 66.4 cm³/mol. The quantitative estimate of drug-likeness (QED) is 0.871. The van der Waals surface area contributed by atoms with E-state index in [0.717, 1.165) is 31.5 Å². The highest BCUT2D eigenvalue weighted by molar-refractivity contribution is 5.18. The molecule has 1 saturated heterocycles. The molecule has 0 aliphatic carbocycles. The van der Waals surface area contributed by atoms with Gasteiger partial charge in [-0.3, -0.25) is 4.90 Å². The molecule has 0 spiro atoms. The minimum Gasteiger partial charge on any atom is -0.392 e. The van der Waals surface area contributed by atoms with Crippen molar-refractivity contribution in [1.82, 2.24) is 4.90 Å². The molecule has 17 heavy (non-hydrogen) atoms. The van der Waals surface area contributed by atoms with E-state index in [0.29, 0.717) is 6.42 Å². The summed E-state index contributed by atoms with van der Waals surface area (Å²) in [5, 5.41) is 9.63. The first kappa shape index (κ1) is 12.5. The Morgan fingerprint density at radius 1 is 1.47 bits per heavy atom. The molecule has 0 aromatic heterocycles. The maximum absolute atomic E-state index is 13.5. The molecule has 2 atom stereocenters. The van der Waals surface area contributed by atoms with E-state index < -0.39 is 0 Å². The molecular weight excluding hydrogens is 217 g/mol. The Balaban J connectivity index is 1.96. The lowest BCUT2D eigenvalue weighted by Crippen LogP contribution is -2.44. The average Bonchev–Trinajstić information content (AvgIpc) is 2.32. The summed E-state index contributed by atoms with van der Waals surface area (Å²) in [7, 11) is 0. The van der Waals surface area contributed by atoms with Gasteiger partial charge in [0.25, 0.3) is 0 Å². The number of β-amino-alcohol motifs (C(OH)–C–C–N with tert-alkyl or cyclic N) is 1. The van der Waals surface area contributed by atoms with E-state index in [2.05, 4.69) is 11.8 Å². The van der Waals surface area contributed by atoms with Crippen molar-refractivity contribution in [1.29, 1.82) is 0 Å². The van der Waals surface area contributed by atoms with Crippen LogP contribution in [0.15, 0.2) is 24.3 Å². The second-order valence-electron chi connectivity index (χ2n) is 4.94. The van der Waals surface area contributed by atoms with Crippen LogP contribution in [0.3, 0.4) is 0 Å². The Morgan fingerprint density at radius 2 is 2.24 bits per heavy atom. The first-order valence-electron chi connectivity index (χ1n) is 6.32. The highest BCUT2D eigenvalue weighted by atomic mass is 19.1. The van der Waals surface area contributed by atoms with Crippen molar-refractivity contribution in [2.45, 2.75) is 38.3 Å². The van der Waals surface area contributed by atoms with Gasteiger partial charge in [0.1, 0.15) is 5.82 Å². The van der Waals surface area contributed by atoms with Gasteiger partial charge >= 0.3 is 0 Å². The van der Waals surface area contributed by atoms with E-state index in [4.69, 9.17) is 0 Å². The first-order valence-corrected chi connectivity index (χ1v) is 6.32. The second-order valence-corrected chi connectivity index (χ2v) is 4.94. The molecule has 1 aromatic carbocycles. The Bertz CT molecular complexity index is 369. The third-order valence-electron chi connectivity index (χ3n) is 3.52. The normalized spacial score (nSPS) is 23.6. The van der Waals surface area contributed by atoms with Crippen LogP contribution in [0.25, 0.3) is 0 Å². The number of rotatable bonds is 3. The van der Waals surface area contributed by atoms with Gasteiger partial charge in [0, 0.05) is 12.6 Å². The SMILES string of the molecule is CC(Cc1ccccc1F)N1CCCC(O)C1. The first-order chi connectivity index (χ1) is 8.16. The van der Waals surface area contributed by atoms with Gasteiger partial charge in [-0.1, -0.05) is 18.2 Å². The number of aliphatic hydroxyl groups is 1. The van der Waals surface area contributed by atoms with Crippen LogP contribution < -0.4 is 0 Å². The molecule has 1 aromatic rings. The van der Waals surface area contributed by atoms with Gasteiger partial charge in [-0.2, -0.15) is 0 Å². The molecule has 0 amide bonds. The molecular formula is C14H20FNO. The fourth-order valence-corrected chi connectivity index (χ4v) is 2.49. The minimum atomic E-state index is -0.216. The van der Waals surface area contributed by atoms with E-state index in [9.17, 15) is 9.50 Å². The molecule has 1 heterocycles. The molecule has 0 radical (unpaired) electrons. The predicted octanol–water partition coefficient (Wildman–Crippen LogP) is 2.21. The number of nitrogens with zero attached hydrogens (tertiary/aromatic N) is 1. The standard InChI is InChI=1S/C14H20FNO/c1-11(16-8-4-6-13(17)10-16)9-12-5-2-3-7-14(12)15/h2-3,5,7,11,13,17H,4,6,8-10H2,1H3. The van der Waals surface area contributed by atoms with Crippen molar-refractivity contribution in [2.75, 3.05) is 13.1 Å². The lowest BCUT2D eigenvalue weighted by Gasteiger charge is -2.35. The molecule has 1 N–H and O–H groups in total. The van der Waals surface area contributed by atoms with Gasteiger partial charge in [0.15, 0.2) is 0 Å². The molecule has 1 aliphatic heterocycles. The fraction of sp³-hybridized carbons (Fsp3) is 0.571. The maximum Gasteiger partial charge on any atom is 0.126 e. The molecule has 1 fully saturated rings. The Labute approximate surface area is 102 Å². The topological polar surface area (TPSA) is 23.5 Å². The number of likely N-dealkylation sites (tertiary alicyclic amines) is 1. The Morgan fingerprint density at radius 3 is 2.94 bits per heavy atom. The molecule has 2 rings (SSSR count). The molecule has 2 unspecified atom stereocenters. The van der Waals surface area contributed by atoms with Crippen molar-refractivity contribution in [2.24, 2.45) is 0 Å². The van der Waals surface area contributed by atoms with Crippen LogP contribution in [0.2, 0.25) is 0 Å². The zero-order chi connectivity index (χ0) is 12.3. The minimum absolute atomic E-state index is 0.128. The van der Waals surface area contributed by atoms with Crippen molar-refractivity contribution in [3.63, 3.8) is 0 Å². The molecule has 3 heteroatoms. The number of hydrogen-bond donors (Lipinski definition) is 1. The zero-order valence-electron chi connectivity index (χ0n) is 10.3. The number of benzene rings is 1. The van der Waals surface area contributed by atoms with Crippen LogP contribution in [0.5, 0.6) is 0 Å². The van der Waals surface area contributed by atoms with Crippen LogP contribution in [-0.2, 0) is 6.42 Å². The Hall–Kier alpha value is -0.930. The van der Waals surface area contributed by atoms with Gasteiger partial charge in [-0.25, -0.2) is 4.39 Å². The van der Waals surface area contributed by atoms with Crippen molar-refractivity contribution < 1.29 is 9.50 Å². The average molecular weight is 237 g/mol. The van der Waals surface area contributed by atoms with Crippen molar-refractivity contribution in [3.05, 3.63) is 35.6 Å². The van der Waals surface area contributed by atoms with Gasteiger partial charge < -0.3 is 5.11 Å². The summed E-state index contributed by atoms with van der Waals surface area (Å²) in [5.41, 5.74) is 0.764. The molecule has 2 nitrogen and oxygen atoms in total. The molecule has 0 saturated carbocycles. The summed E-state index contributed by atoms with van der Waals surface area (Å²) in [4.78, 5) is 2.25. The second kappa shape index (κ2) is 5.61. The number of hydrogen-bond acceptors (Lipinski definition) is 2.